The molecule has 6 aromatic carbocycles. The van der Waals surface area contributed by atoms with Gasteiger partial charge in [-0.05, 0) is 48.5 Å². The monoisotopic (exact) mass is 622 g/mol. The Bertz CT molecular complexity index is 2780. The van der Waals surface area contributed by atoms with Crippen LogP contribution in [0.4, 0.5) is 0 Å². The van der Waals surface area contributed by atoms with E-state index in [0.717, 1.165) is 70.8 Å². The first-order chi connectivity index (χ1) is 23.3. The summed E-state index contributed by atoms with van der Waals surface area (Å²) in [7, 11) is 0. The zero-order valence-corrected chi connectivity index (χ0v) is 25.5. The van der Waals surface area contributed by atoms with Crippen LogP contribution in [0.25, 0.3) is 98.8 Å². The van der Waals surface area contributed by atoms with Crippen LogP contribution in [-0.2, 0) is 0 Å². The van der Waals surface area contributed by atoms with Gasteiger partial charge < -0.3 is 8.83 Å². The van der Waals surface area contributed by atoms with Gasteiger partial charge in [0.05, 0.1) is 0 Å². The zero-order valence-electron chi connectivity index (χ0n) is 24.7. The highest BCUT2D eigenvalue weighted by molar-refractivity contribution is 7.26. The van der Waals surface area contributed by atoms with Gasteiger partial charge in [0.2, 0.25) is 5.89 Å². The molecule has 0 spiro atoms. The number of fused-ring (bicyclic) bond motifs is 7. The second kappa shape index (κ2) is 10.2. The molecule has 0 saturated carbocycles. The van der Waals surface area contributed by atoms with Crippen molar-refractivity contribution in [1.82, 2.24) is 19.9 Å². The summed E-state index contributed by atoms with van der Waals surface area (Å²) in [4.78, 5) is 20.1. The number of rotatable bonds is 4. The van der Waals surface area contributed by atoms with E-state index in [1.165, 1.54) is 4.70 Å². The minimum absolute atomic E-state index is 0.592. The number of furan rings is 1. The fraction of sp³-hybridized carbons (Fsp3) is 0. The molecule has 10 aromatic rings. The van der Waals surface area contributed by atoms with Gasteiger partial charge in [0.1, 0.15) is 16.7 Å². The molecule has 10 rings (SSSR count). The molecular weight excluding hydrogens is 601 g/mol. The molecule has 0 bridgehead atoms. The molecule has 47 heavy (non-hydrogen) atoms. The smallest absolute Gasteiger partial charge is 0.227 e. The predicted molar refractivity (Wildman–Crippen MR) is 189 cm³/mol. The molecule has 0 N–H and O–H groups in total. The summed E-state index contributed by atoms with van der Waals surface area (Å²) in [5.41, 5.74) is 6.91. The van der Waals surface area contributed by atoms with Crippen LogP contribution in [0.2, 0.25) is 0 Å². The Balaban J connectivity index is 1.23. The van der Waals surface area contributed by atoms with E-state index in [9.17, 15) is 0 Å². The van der Waals surface area contributed by atoms with E-state index in [0.29, 0.717) is 23.4 Å². The SMILES string of the molecule is c1ccc(-c2nc(-c3cccc4oc5ccccc5c34)nc(-c3cccc4sc5ccc(-c6nc7ccccc7o6)cc5c34)n2)cc1. The number of thiophene rings is 1. The van der Waals surface area contributed by atoms with Crippen LogP contribution in [0.5, 0.6) is 0 Å². The Labute approximate surface area is 271 Å². The molecule has 0 aliphatic carbocycles. The van der Waals surface area contributed by atoms with Crippen LogP contribution in [0.3, 0.4) is 0 Å². The summed E-state index contributed by atoms with van der Waals surface area (Å²) in [6, 6.07) is 44.8. The van der Waals surface area contributed by atoms with Crippen molar-refractivity contribution < 1.29 is 8.83 Å². The van der Waals surface area contributed by atoms with Crippen molar-refractivity contribution in [2.45, 2.75) is 0 Å². The summed E-state index contributed by atoms with van der Waals surface area (Å²) in [5.74, 6) is 2.41. The summed E-state index contributed by atoms with van der Waals surface area (Å²) in [6.45, 7) is 0. The highest BCUT2D eigenvalue weighted by atomic mass is 32.1. The lowest BCUT2D eigenvalue weighted by molar-refractivity contribution is 0.620. The maximum atomic E-state index is 6.22. The fourth-order valence-corrected chi connectivity index (χ4v) is 7.55. The predicted octanol–water partition coefficient (Wildman–Crippen LogP) is 10.9. The minimum atomic E-state index is 0.592. The highest BCUT2D eigenvalue weighted by Crippen LogP contribution is 2.42. The van der Waals surface area contributed by atoms with E-state index in [-0.39, 0.29) is 0 Å². The van der Waals surface area contributed by atoms with E-state index in [2.05, 4.69) is 48.5 Å². The lowest BCUT2D eigenvalue weighted by Crippen LogP contribution is -2.00. The zero-order chi connectivity index (χ0) is 30.9. The van der Waals surface area contributed by atoms with E-state index >= 15 is 0 Å². The molecule has 0 amide bonds. The highest BCUT2D eigenvalue weighted by Gasteiger charge is 2.20. The third-order valence-corrected chi connectivity index (χ3v) is 9.72. The Kier molecular flexibility index (Phi) is 5.64. The summed E-state index contributed by atoms with van der Waals surface area (Å²) < 4.78 is 14.7. The number of hydrogen-bond acceptors (Lipinski definition) is 7. The van der Waals surface area contributed by atoms with Crippen LogP contribution in [0.15, 0.2) is 142 Å². The number of para-hydroxylation sites is 3. The van der Waals surface area contributed by atoms with Crippen molar-refractivity contribution in [1.29, 1.82) is 0 Å². The molecule has 220 valence electrons. The van der Waals surface area contributed by atoms with Gasteiger partial charge in [-0.1, -0.05) is 84.9 Å². The van der Waals surface area contributed by atoms with Crippen LogP contribution in [0, 0.1) is 0 Å². The van der Waals surface area contributed by atoms with Crippen LogP contribution < -0.4 is 0 Å². The molecule has 0 radical (unpaired) electrons. The van der Waals surface area contributed by atoms with Crippen molar-refractivity contribution in [2.24, 2.45) is 0 Å². The van der Waals surface area contributed by atoms with Crippen molar-refractivity contribution in [3.05, 3.63) is 133 Å². The molecule has 0 saturated heterocycles. The first kappa shape index (κ1) is 26.1. The average molecular weight is 623 g/mol. The van der Waals surface area contributed by atoms with Gasteiger partial charge in [0, 0.05) is 53.2 Å². The molecule has 0 atom stereocenters. The lowest BCUT2D eigenvalue weighted by atomic mass is 10.0. The first-order valence-electron chi connectivity index (χ1n) is 15.3. The molecule has 4 heterocycles. The molecule has 0 unspecified atom stereocenters. The van der Waals surface area contributed by atoms with Gasteiger partial charge in [0.15, 0.2) is 23.1 Å². The standard InChI is InChI=1S/C40H22N4O2S/c1-2-10-23(11-3-1)37-42-38(26-13-8-18-32-35(26)25-12-4-6-16-30(25)45-32)44-39(43-37)27-14-9-19-34-36(27)28-22-24(20-21-33(28)47-34)40-41-29-15-5-7-17-31(29)46-40/h1-22H. The van der Waals surface area contributed by atoms with Crippen molar-refractivity contribution in [3.63, 3.8) is 0 Å². The number of benzene rings is 6. The number of nitrogens with zero attached hydrogens (tertiary/aromatic N) is 4. The third kappa shape index (κ3) is 4.17. The molecular formula is C40H22N4O2S. The molecule has 0 fully saturated rings. The fourth-order valence-electron chi connectivity index (χ4n) is 6.44. The largest absolute Gasteiger partial charge is 0.456 e. The molecule has 7 heteroatoms. The molecule has 6 nitrogen and oxygen atoms in total. The minimum Gasteiger partial charge on any atom is -0.456 e. The van der Waals surface area contributed by atoms with E-state index in [4.69, 9.17) is 28.8 Å². The van der Waals surface area contributed by atoms with E-state index in [1.54, 1.807) is 11.3 Å². The summed E-state index contributed by atoms with van der Waals surface area (Å²) >= 11 is 1.75. The van der Waals surface area contributed by atoms with Gasteiger partial charge in [-0.3, -0.25) is 0 Å². The van der Waals surface area contributed by atoms with Crippen molar-refractivity contribution >= 4 is 64.5 Å². The molecule has 0 aliphatic rings. The van der Waals surface area contributed by atoms with Crippen LogP contribution in [0.1, 0.15) is 0 Å². The van der Waals surface area contributed by atoms with Gasteiger partial charge in [0.25, 0.3) is 0 Å². The first-order valence-corrected chi connectivity index (χ1v) is 16.1. The Morgan fingerprint density at radius 2 is 1.13 bits per heavy atom. The van der Waals surface area contributed by atoms with E-state index < -0.39 is 0 Å². The Hall–Kier alpha value is -6.18. The number of aromatic nitrogens is 4. The maximum Gasteiger partial charge on any atom is 0.227 e. The topological polar surface area (TPSA) is 77.8 Å². The molecule has 4 aromatic heterocycles. The van der Waals surface area contributed by atoms with Gasteiger partial charge in [-0.15, -0.1) is 11.3 Å². The molecule has 0 aliphatic heterocycles. The third-order valence-electron chi connectivity index (χ3n) is 8.59. The number of oxazole rings is 1. The lowest BCUT2D eigenvalue weighted by Gasteiger charge is -2.10. The second-order valence-corrected chi connectivity index (χ2v) is 12.5. The second-order valence-electron chi connectivity index (χ2n) is 11.4. The number of hydrogen-bond donors (Lipinski definition) is 0. The van der Waals surface area contributed by atoms with Crippen LogP contribution >= 0.6 is 11.3 Å². The van der Waals surface area contributed by atoms with Crippen molar-refractivity contribution in [3.8, 4) is 45.6 Å². The van der Waals surface area contributed by atoms with Crippen molar-refractivity contribution in [2.75, 3.05) is 0 Å². The summed E-state index contributed by atoms with van der Waals surface area (Å²) in [6.07, 6.45) is 0. The Morgan fingerprint density at radius 1 is 0.426 bits per heavy atom. The maximum absolute atomic E-state index is 6.22. The Morgan fingerprint density at radius 3 is 1.98 bits per heavy atom. The average Bonchev–Trinajstić information content (AvgIpc) is 3.84. The van der Waals surface area contributed by atoms with E-state index in [1.807, 2.05) is 84.9 Å². The normalized spacial score (nSPS) is 11.8. The quantitative estimate of drug-likeness (QED) is 0.194. The van der Waals surface area contributed by atoms with Gasteiger partial charge in [-0.25, -0.2) is 19.9 Å². The van der Waals surface area contributed by atoms with Gasteiger partial charge in [-0.2, -0.15) is 0 Å². The van der Waals surface area contributed by atoms with Crippen LogP contribution in [-0.4, -0.2) is 19.9 Å². The summed E-state index contributed by atoms with van der Waals surface area (Å²) in [5, 5.41) is 4.21. The van der Waals surface area contributed by atoms with Gasteiger partial charge >= 0.3 is 0 Å².